The summed E-state index contributed by atoms with van der Waals surface area (Å²) in [5.41, 5.74) is 1.42. The molecule has 0 spiro atoms. The number of aliphatic hydroxyl groups is 1. The Morgan fingerprint density at radius 3 is 2.59 bits per heavy atom. The van der Waals surface area contributed by atoms with Gasteiger partial charge in [0.15, 0.2) is 17.0 Å². The molecule has 7 nitrogen and oxygen atoms in total. The van der Waals surface area contributed by atoms with E-state index in [1.807, 2.05) is 35.8 Å². The average Bonchev–Trinajstić information content (AvgIpc) is 3.15. The van der Waals surface area contributed by atoms with E-state index < -0.39 is 5.60 Å². The monoisotopic (exact) mass is 393 g/mol. The predicted octanol–water partition coefficient (Wildman–Crippen LogP) is 3.54. The zero-order chi connectivity index (χ0) is 21.0. The summed E-state index contributed by atoms with van der Waals surface area (Å²) in [4.78, 5) is 13.6. The van der Waals surface area contributed by atoms with E-state index in [-0.39, 0.29) is 6.04 Å². The van der Waals surface area contributed by atoms with E-state index in [2.05, 4.69) is 46.0 Å². The smallest absolute Gasteiger partial charge is 0.209 e. The Kier molecular flexibility index (Phi) is 6.04. The summed E-state index contributed by atoms with van der Waals surface area (Å²) in [5, 5.41) is 13.5. The molecule has 0 aliphatic rings. The maximum Gasteiger partial charge on any atom is 0.209 e. The first-order valence-corrected chi connectivity index (χ1v) is 9.70. The molecule has 0 unspecified atom stereocenters. The number of hydrogen-bond donors (Lipinski definition) is 2. The van der Waals surface area contributed by atoms with Crippen molar-refractivity contribution in [2.75, 3.05) is 12.4 Å². The molecule has 0 radical (unpaired) electrons. The topological polar surface area (TPSA) is 85.1 Å². The van der Waals surface area contributed by atoms with Gasteiger partial charge in [-0.25, -0.2) is 15.0 Å². The molecule has 29 heavy (non-hydrogen) atoms. The molecule has 2 aromatic heterocycles. The van der Waals surface area contributed by atoms with Gasteiger partial charge in [-0.1, -0.05) is 25.0 Å². The Labute approximate surface area is 171 Å². The van der Waals surface area contributed by atoms with E-state index >= 15 is 0 Å². The average molecular weight is 393 g/mol. The van der Waals surface area contributed by atoms with Gasteiger partial charge in [-0.2, -0.15) is 0 Å². The van der Waals surface area contributed by atoms with Gasteiger partial charge in [-0.3, -0.25) is 0 Å². The molecule has 3 aromatic rings. The van der Waals surface area contributed by atoms with Gasteiger partial charge in [0.1, 0.15) is 11.4 Å². The molecule has 1 atom stereocenters. The third kappa shape index (κ3) is 4.84. The molecule has 0 bridgehead atoms. The second-order valence-electron chi connectivity index (χ2n) is 7.39. The number of ether oxygens (including phenoxy) is 1. The molecular formula is C22H27N5O2. The third-order valence-electron chi connectivity index (χ3n) is 4.73. The van der Waals surface area contributed by atoms with Crippen LogP contribution >= 0.6 is 0 Å². The van der Waals surface area contributed by atoms with Gasteiger partial charge in [0.05, 0.1) is 13.4 Å². The van der Waals surface area contributed by atoms with Crippen molar-refractivity contribution in [1.29, 1.82) is 0 Å². The molecule has 2 N–H and O–H groups in total. The number of hydrogen-bond acceptors (Lipinski definition) is 6. The van der Waals surface area contributed by atoms with Gasteiger partial charge >= 0.3 is 0 Å². The first-order valence-electron chi connectivity index (χ1n) is 9.70. The molecule has 1 aromatic carbocycles. The standard InChI is InChI=1S/C22H27N5O2/c1-6-22(4,28)12-11-18-25-20(19-21(26-18)27(14-24-19)15(2)3)23-13-16-7-9-17(29-5)10-8-16/h7-10,14-15,28H,6,13H2,1-5H3,(H,23,25,26)/t22-/m0/s1. The fourth-order valence-electron chi connectivity index (χ4n) is 2.68. The summed E-state index contributed by atoms with van der Waals surface area (Å²) in [5.74, 6) is 7.55. The van der Waals surface area contributed by atoms with Crippen molar-refractivity contribution in [3.05, 3.63) is 42.0 Å². The van der Waals surface area contributed by atoms with E-state index in [4.69, 9.17) is 4.74 Å². The Bertz CT molecular complexity index is 1040. The number of nitrogens with one attached hydrogen (secondary N) is 1. The Balaban J connectivity index is 1.97. The van der Waals surface area contributed by atoms with Crippen LogP contribution in [0.3, 0.4) is 0 Å². The van der Waals surface area contributed by atoms with Crippen LogP contribution in [0, 0.1) is 11.8 Å². The molecule has 0 aliphatic carbocycles. The highest BCUT2D eigenvalue weighted by atomic mass is 16.5. The molecule has 0 saturated carbocycles. The molecule has 0 amide bonds. The van der Waals surface area contributed by atoms with Gasteiger partial charge in [0.2, 0.25) is 5.82 Å². The lowest BCUT2D eigenvalue weighted by atomic mass is 10.1. The fourth-order valence-corrected chi connectivity index (χ4v) is 2.68. The number of anilines is 1. The highest BCUT2D eigenvalue weighted by molar-refractivity contribution is 5.83. The summed E-state index contributed by atoms with van der Waals surface area (Å²) in [6, 6.07) is 8.03. The summed E-state index contributed by atoms with van der Waals surface area (Å²) >= 11 is 0. The summed E-state index contributed by atoms with van der Waals surface area (Å²) in [6.45, 7) is 8.28. The normalized spacial score (nSPS) is 13.1. The van der Waals surface area contributed by atoms with Crippen LogP contribution in [0.5, 0.6) is 5.75 Å². The third-order valence-corrected chi connectivity index (χ3v) is 4.73. The van der Waals surface area contributed by atoms with Crippen molar-refractivity contribution >= 4 is 17.0 Å². The molecule has 0 fully saturated rings. The Morgan fingerprint density at radius 1 is 1.24 bits per heavy atom. The molecule has 0 saturated heterocycles. The number of benzene rings is 1. The van der Waals surface area contributed by atoms with Crippen LogP contribution in [0.2, 0.25) is 0 Å². The van der Waals surface area contributed by atoms with Gasteiger partial charge in [-0.15, -0.1) is 0 Å². The number of methoxy groups -OCH3 is 1. The second kappa shape index (κ2) is 8.50. The van der Waals surface area contributed by atoms with Crippen LogP contribution in [-0.2, 0) is 6.54 Å². The molecular weight excluding hydrogens is 366 g/mol. The minimum Gasteiger partial charge on any atom is -0.497 e. The maximum atomic E-state index is 10.2. The van der Waals surface area contributed by atoms with Crippen LogP contribution in [0.4, 0.5) is 5.82 Å². The van der Waals surface area contributed by atoms with Crippen molar-refractivity contribution < 1.29 is 9.84 Å². The SMILES string of the molecule is CC[C@](C)(O)C#Cc1nc(NCc2ccc(OC)cc2)c2ncn(C(C)C)c2n1. The molecule has 0 aliphatic heterocycles. The van der Waals surface area contributed by atoms with Gasteiger partial charge in [-0.05, 0) is 50.8 Å². The quantitative estimate of drug-likeness (QED) is 0.623. The number of rotatable bonds is 6. The summed E-state index contributed by atoms with van der Waals surface area (Å²) in [6.07, 6.45) is 2.29. The Morgan fingerprint density at radius 2 is 1.97 bits per heavy atom. The minimum absolute atomic E-state index is 0.198. The van der Waals surface area contributed by atoms with Gasteiger partial charge < -0.3 is 19.7 Å². The fraction of sp³-hybridized carbons (Fsp3) is 0.409. The van der Waals surface area contributed by atoms with Gasteiger partial charge in [0, 0.05) is 12.6 Å². The van der Waals surface area contributed by atoms with E-state index in [0.717, 1.165) is 11.3 Å². The lowest BCUT2D eigenvalue weighted by Crippen LogP contribution is -2.19. The van der Waals surface area contributed by atoms with Crippen LogP contribution in [0.15, 0.2) is 30.6 Å². The lowest BCUT2D eigenvalue weighted by molar-refractivity contribution is 0.118. The van der Waals surface area contributed by atoms with Crippen molar-refractivity contribution in [2.24, 2.45) is 0 Å². The van der Waals surface area contributed by atoms with Crippen molar-refractivity contribution in [3.63, 3.8) is 0 Å². The number of imidazole rings is 1. The zero-order valence-corrected chi connectivity index (χ0v) is 17.5. The van der Waals surface area contributed by atoms with Crippen molar-refractivity contribution in [2.45, 2.75) is 52.3 Å². The highest BCUT2D eigenvalue weighted by Crippen LogP contribution is 2.22. The number of nitrogens with zero attached hydrogens (tertiary/aromatic N) is 4. The predicted molar refractivity (Wildman–Crippen MR) is 114 cm³/mol. The molecule has 3 rings (SSSR count). The molecule has 2 heterocycles. The van der Waals surface area contributed by atoms with Crippen LogP contribution in [-0.4, -0.2) is 37.3 Å². The van der Waals surface area contributed by atoms with Crippen molar-refractivity contribution in [3.8, 4) is 17.6 Å². The van der Waals surface area contributed by atoms with E-state index in [1.54, 1.807) is 20.4 Å². The van der Waals surface area contributed by atoms with E-state index in [1.165, 1.54) is 0 Å². The summed E-state index contributed by atoms with van der Waals surface area (Å²) in [7, 11) is 1.65. The highest BCUT2D eigenvalue weighted by Gasteiger charge is 2.16. The largest absolute Gasteiger partial charge is 0.497 e. The van der Waals surface area contributed by atoms with Crippen LogP contribution in [0.25, 0.3) is 11.2 Å². The Hall–Kier alpha value is -3.11. The maximum absolute atomic E-state index is 10.2. The van der Waals surface area contributed by atoms with E-state index in [9.17, 15) is 5.11 Å². The number of fused-ring (bicyclic) bond motifs is 1. The second-order valence-corrected chi connectivity index (χ2v) is 7.39. The van der Waals surface area contributed by atoms with Gasteiger partial charge in [0.25, 0.3) is 0 Å². The van der Waals surface area contributed by atoms with Crippen molar-refractivity contribution in [1.82, 2.24) is 19.5 Å². The zero-order valence-electron chi connectivity index (χ0n) is 17.5. The number of aromatic nitrogens is 4. The lowest BCUT2D eigenvalue weighted by Gasteiger charge is -2.12. The summed E-state index contributed by atoms with van der Waals surface area (Å²) < 4.78 is 7.19. The first kappa shape index (κ1) is 20.6. The van der Waals surface area contributed by atoms with E-state index in [0.29, 0.717) is 35.8 Å². The van der Waals surface area contributed by atoms with Crippen LogP contribution < -0.4 is 10.1 Å². The molecule has 152 valence electrons. The van der Waals surface area contributed by atoms with Crippen LogP contribution in [0.1, 0.15) is 51.5 Å². The molecule has 7 heteroatoms. The first-order chi connectivity index (χ1) is 13.8. The minimum atomic E-state index is -1.08.